The van der Waals surface area contributed by atoms with Crippen LogP contribution < -0.4 is 10.6 Å². The van der Waals surface area contributed by atoms with E-state index in [1.54, 1.807) is 11.0 Å². The maximum atomic E-state index is 9.89. The van der Waals surface area contributed by atoms with Crippen LogP contribution in [0.4, 0.5) is 16.8 Å². The molecule has 2 aliphatic rings. The highest BCUT2D eigenvalue weighted by atomic mass is 32.1. The summed E-state index contributed by atoms with van der Waals surface area (Å²) in [4.78, 5) is 14.4. The zero-order valence-electron chi connectivity index (χ0n) is 21.2. The van der Waals surface area contributed by atoms with E-state index in [0.29, 0.717) is 6.04 Å². The van der Waals surface area contributed by atoms with Crippen LogP contribution in [-0.4, -0.2) is 73.4 Å². The minimum atomic E-state index is -0.181. The van der Waals surface area contributed by atoms with Crippen LogP contribution in [0.5, 0.6) is 0 Å². The van der Waals surface area contributed by atoms with E-state index in [0.717, 1.165) is 91.6 Å². The predicted molar refractivity (Wildman–Crippen MR) is 148 cm³/mol. The molecule has 4 aromatic rings. The molecule has 0 amide bonds. The van der Waals surface area contributed by atoms with Gasteiger partial charge in [-0.2, -0.15) is 9.90 Å². The first-order valence-corrected chi connectivity index (χ1v) is 14.0. The van der Waals surface area contributed by atoms with E-state index in [9.17, 15) is 5.11 Å². The van der Waals surface area contributed by atoms with E-state index in [1.807, 2.05) is 36.5 Å². The molecular weight excluding hydrogens is 500 g/mol. The van der Waals surface area contributed by atoms with Gasteiger partial charge >= 0.3 is 0 Å². The molecule has 0 atom stereocenters. The van der Waals surface area contributed by atoms with Gasteiger partial charge in [0.25, 0.3) is 0 Å². The first kappa shape index (κ1) is 24.9. The number of aliphatic hydroxyl groups excluding tert-OH is 1. The predicted octanol–water partition coefficient (Wildman–Crippen LogP) is 4.08. The second-order valence-corrected chi connectivity index (χ2v) is 10.8. The summed E-state index contributed by atoms with van der Waals surface area (Å²) in [5, 5.41) is 26.7. The number of thiazole rings is 1. The van der Waals surface area contributed by atoms with Crippen molar-refractivity contribution in [2.45, 2.75) is 44.4 Å². The monoisotopic (exact) mass is 532 g/mol. The van der Waals surface area contributed by atoms with Gasteiger partial charge in [0, 0.05) is 31.9 Å². The summed E-state index contributed by atoms with van der Waals surface area (Å²) in [6, 6.07) is 14.4. The molecule has 11 heteroatoms. The number of para-hydroxylation sites is 1. The van der Waals surface area contributed by atoms with Crippen LogP contribution in [0, 0.1) is 0 Å². The third-order valence-electron chi connectivity index (χ3n) is 6.92. The molecular formula is C27H32N8O2S. The van der Waals surface area contributed by atoms with Crippen LogP contribution in [0.25, 0.3) is 16.3 Å². The molecule has 38 heavy (non-hydrogen) atoms. The number of pyridine rings is 1. The second-order valence-electron chi connectivity index (χ2n) is 9.79. The number of morpholine rings is 1. The fraction of sp³-hybridized carbons (Fsp3) is 0.407. The lowest BCUT2D eigenvalue weighted by molar-refractivity contribution is 0.0342. The van der Waals surface area contributed by atoms with Gasteiger partial charge in [0.2, 0.25) is 0 Å². The summed E-state index contributed by atoms with van der Waals surface area (Å²) in [6.07, 6.45) is 6.93. The zero-order chi connectivity index (χ0) is 25.7. The van der Waals surface area contributed by atoms with Gasteiger partial charge in [-0.25, -0.2) is 9.97 Å². The molecule has 2 fully saturated rings. The van der Waals surface area contributed by atoms with Gasteiger partial charge in [-0.3, -0.25) is 4.90 Å². The van der Waals surface area contributed by atoms with E-state index < -0.39 is 0 Å². The Morgan fingerprint density at radius 3 is 2.61 bits per heavy atom. The Kier molecular flexibility index (Phi) is 7.59. The largest absolute Gasteiger partial charge is 0.393 e. The van der Waals surface area contributed by atoms with Crippen molar-refractivity contribution >= 4 is 28.1 Å². The van der Waals surface area contributed by atoms with E-state index >= 15 is 0 Å². The van der Waals surface area contributed by atoms with Crippen molar-refractivity contribution in [3.05, 3.63) is 60.4 Å². The third-order valence-corrected chi connectivity index (χ3v) is 7.85. The molecule has 0 radical (unpaired) electrons. The number of ether oxygens (including phenoxy) is 1. The van der Waals surface area contributed by atoms with Crippen molar-refractivity contribution in [3.8, 4) is 16.3 Å². The van der Waals surface area contributed by atoms with Crippen molar-refractivity contribution in [2.75, 3.05) is 36.9 Å². The lowest BCUT2D eigenvalue weighted by Gasteiger charge is -2.28. The van der Waals surface area contributed by atoms with Gasteiger partial charge in [0.05, 0.1) is 36.1 Å². The Hall–Kier alpha value is -3.38. The normalized spacial score (nSPS) is 20.3. The first-order valence-electron chi connectivity index (χ1n) is 13.1. The minimum absolute atomic E-state index is 0.181. The summed E-state index contributed by atoms with van der Waals surface area (Å²) >= 11 is 1.52. The van der Waals surface area contributed by atoms with Crippen LogP contribution in [0.1, 0.15) is 31.2 Å². The number of rotatable bonds is 8. The molecule has 0 bridgehead atoms. The molecule has 0 unspecified atom stereocenters. The lowest BCUT2D eigenvalue weighted by atomic mass is 9.93. The molecule has 4 heterocycles. The Balaban J connectivity index is 1.19. The van der Waals surface area contributed by atoms with E-state index in [1.165, 1.54) is 16.9 Å². The molecule has 1 aromatic carbocycles. The van der Waals surface area contributed by atoms with Gasteiger partial charge in [-0.15, -0.1) is 5.10 Å². The minimum Gasteiger partial charge on any atom is -0.393 e. The molecule has 10 nitrogen and oxygen atoms in total. The summed E-state index contributed by atoms with van der Waals surface area (Å²) in [5.74, 6) is 1.60. The number of aromatic nitrogens is 5. The molecule has 3 N–H and O–H groups in total. The molecule has 198 valence electrons. The van der Waals surface area contributed by atoms with Crippen molar-refractivity contribution in [1.82, 2.24) is 29.9 Å². The van der Waals surface area contributed by atoms with Crippen LogP contribution in [-0.2, 0) is 11.3 Å². The maximum absolute atomic E-state index is 9.89. The Morgan fingerprint density at radius 2 is 1.79 bits per heavy atom. The summed E-state index contributed by atoms with van der Waals surface area (Å²) < 4.78 is 5.52. The quantitative estimate of drug-likeness (QED) is 0.309. The van der Waals surface area contributed by atoms with Crippen molar-refractivity contribution in [3.63, 3.8) is 0 Å². The van der Waals surface area contributed by atoms with E-state index in [-0.39, 0.29) is 6.10 Å². The molecule has 1 saturated heterocycles. The number of hydrogen-bond donors (Lipinski definition) is 3. The van der Waals surface area contributed by atoms with Gasteiger partial charge in [0.15, 0.2) is 5.13 Å². The van der Waals surface area contributed by atoms with Crippen LogP contribution in [0.3, 0.4) is 0 Å². The fourth-order valence-corrected chi connectivity index (χ4v) is 5.66. The van der Waals surface area contributed by atoms with Gasteiger partial charge in [-0.05, 0) is 55.5 Å². The summed E-state index contributed by atoms with van der Waals surface area (Å²) in [7, 11) is 0. The molecule has 0 spiro atoms. The number of hydrogen-bond acceptors (Lipinski definition) is 10. The zero-order valence-corrected chi connectivity index (χ0v) is 22.0. The van der Waals surface area contributed by atoms with Gasteiger partial charge in [-0.1, -0.05) is 29.5 Å². The summed E-state index contributed by atoms with van der Waals surface area (Å²) in [5.41, 5.74) is 2.87. The highest BCUT2D eigenvalue weighted by molar-refractivity contribution is 7.18. The Labute approximate surface area is 225 Å². The topological polar surface area (TPSA) is 113 Å². The highest BCUT2D eigenvalue weighted by Crippen LogP contribution is 2.30. The smallest absolute Gasteiger partial charge is 0.188 e. The number of benzene rings is 1. The van der Waals surface area contributed by atoms with E-state index in [4.69, 9.17) is 9.72 Å². The lowest BCUT2D eigenvalue weighted by Crippen LogP contribution is -2.35. The fourth-order valence-electron chi connectivity index (χ4n) is 4.88. The standard InChI is InChI=1S/C27H32N8O2S/c36-22-8-6-20(7-9-22)30-25-14-19(18-34-10-12-37-13-11-34)15-26(31-25)32-27-28-17-24(38-27)23-16-29-35(33-23)21-4-2-1-3-5-21/h1-5,14-17,20,22,36H,6-13,18H2,(H2,28,30,31,32). The average molecular weight is 533 g/mol. The molecule has 1 saturated carbocycles. The SMILES string of the molecule is OC1CCC(Nc2cc(CN3CCOCC3)cc(Nc3ncc(-c4cnn(-c5ccccc5)n4)s3)n2)CC1. The number of nitrogens with zero attached hydrogens (tertiary/aromatic N) is 6. The van der Waals surface area contributed by atoms with Gasteiger partial charge in [0.1, 0.15) is 17.3 Å². The van der Waals surface area contributed by atoms with Crippen molar-refractivity contribution in [1.29, 1.82) is 0 Å². The van der Waals surface area contributed by atoms with E-state index in [2.05, 4.69) is 42.8 Å². The second kappa shape index (κ2) is 11.6. The Bertz CT molecular complexity index is 1330. The molecule has 1 aliphatic carbocycles. The van der Waals surface area contributed by atoms with Crippen molar-refractivity contribution in [2.24, 2.45) is 0 Å². The number of nitrogens with one attached hydrogen (secondary N) is 2. The summed E-state index contributed by atoms with van der Waals surface area (Å²) in [6.45, 7) is 4.22. The first-order chi connectivity index (χ1) is 18.7. The highest BCUT2D eigenvalue weighted by Gasteiger charge is 2.20. The molecule has 1 aliphatic heterocycles. The number of aliphatic hydroxyl groups is 1. The molecule has 6 rings (SSSR count). The van der Waals surface area contributed by atoms with Crippen LogP contribution in [0.2, 0.25) is 0 Å². The van der Waals surface area contributed by atoms with Gasteiger partial charge < -0.3 is 20.5 Å². The van der Waals surface area contributed by atoms with Crippen LogP contribution >= 0.6 is 11.3 Å². The Morgan fingerprint density at radius 1 is 1.00 bits per heavy atom. The van der Waals surface area contributed by atoms with Crippen molar-refractivity contribution < 1.29 is 9.84 Å². The third kappa shape index (κ3) is 6.18. The average Bonchev–Trinajstić information content (AvgIpc) is 3.61. The number of anilines is 3. The molecule has 3 aromatic heterocycles. The van der Waals surface area contributed by atoms with Crippen LogP contribution in [0.15, 0.2) is 54.9 Å². The maximum Gasteiger partial charge on any atom is 0.188 e.